The van der Waals surface area contributed by atoms with Crippen LogP contribution in [0, 0.1) is 11.8 Å². The number of nitrogens with zero attached hydrogens (tertiary/aromatic N) is 2. The van der Waals surface area contributed by atoms with Crippen molar-refractivity contribution in [1.29, 1.82) is 0 Å². The van der Waals surface area contributed by atoms with Gasteiger partial charge in [-0.3, -0.25) is 9.59 Å². The van der Waals surface area contributed by atoms with Crippen LogP contribution in [0.4, 0.5) is 0 Å². The van der Waals surface area contributed by atoms with Gasteiger partial charge in [-0.1, -0.05) is 0 Å². The molecule has 0 aromatic heterocycles. The third-order valence-electron chi connectivity index (χ3n) is 7.36. The Kier molecular flexibility index (Phi) is 6.63. The van der Waals surface area contributed by atoms with Crippen molar-refractivity contribution < 1.29 is 20.0 Å². The predicted molar refractivity (Wildman–Crippen MR) is 129 cm³/mol. The molecule has 6 nitrogen and oxygen atoms in total. The van der Waals surface area contributed by atoms with Gasteiger partial charge in [-0.25, -0.2) is 0 Å². The number of Topliss-reactive ketones (excluding diaryl/α,β-unsaturated/α-hetero) is 2. The van der Waals surface area contributed by atoms with Crippen molar-refractivity contribution in [2.45, 2.75) is 103 Å². The van der Waals surface area contributed by atoms with Gasteiger partial charge in [-0.05, 0) is 125 Å². The summed E-state index contributed by atoms with van der Waals surface area (Å²) < 4.78 is 0.605. The fourth-order valence-electron chi connectivity index (χ4n) is 6.34. The van der Waals surface area contributed by atoms with Crippen molar-refractivity contribution in [3.8, 4) is 0 Å². The Morgan fingerprint density at radius 1 is 0.594 bits per heavy atom. The highest BCUT2D eigenvalue weighted by molar-refractivity contribution is 9.12. The molecule has 8 heteroatoms. The molecule has 0 amide bonds. The van der Waals surface area contributed by atoms with Crippen molar-refractivity contribution in [3.05, 3.63) is 20.1 Å². The van der Waals surface area contributed by atoms with Gasteiger partial charge >= 0.3 is 0 Å². The molecular weight excluding hydrogens is 540 g/mol. The van der Waals surface area contributed by atoms with Gasteiger partial charge in [-0.15, -0.1) is 20.5 Å². The molecule has 178 valence electrons. The van der Waals surface area contributed by atoms with E-state index in [9.17, 15) is 20.0 Å². The SMILES string of the molecule is CC1(C)CC(C2=C(Br)C(=O)C(C3CC(C)(C)N([O])C(C)(C)C3)=C(Br)C2=O)CC(C)(C)N1[O]. The zero-order valence-electron chi connectivity index (χ0n) is 20.3. The second kappa shape index (κ2) is 8.09. The average Bonchev–Trinajstić information content (AvgIpc) is 2.62. The number of ketones is 2. The van der Waals surface area contributed by atoms with Crippen molar-refractivity contribution >= 4 is 43.4 Å². The molecule has 1 aliphatic carbocycles. The number of hydrogen-bond acceptors (Lipinski definition) is 4. The van der Waals surface area contributed by atoms with Gasteiger partial charge in [-0.2, -0.15) is 0 Å². The Balaban J connectivity index is 2.00. The van der Waals surface area contributed by atoms with Crippen molar-refractivity contribution in [2.24, 2.45) is 11.8 Å². The first-order valence-corrected chi connectivity index (χ1v) is 12.8. The number of rotatable bonds is 2. The van der Waals surface area contributed by atoms with Crippen LogP contribution in [-0.2, 0) is 20.0 Å². The Morgan fingerprint density at radius 3 is 1.03 bits per heavy atom. The van der Waals surface area contributed by atoms with E-state index in [0.717, 1.165) is 10.1 Å². The summed E-state index contributed by atoms with van der Waals surface area (Å²) in [5.74, 6) is -0.798. The van der Waals surface area contributed by atoms with Gasteiger partial charge in [0.05, 0.1) is 8.96 Å². The molecule has 32 heavy (non-hydrogen) atoms. The molecule has 0 atom stereocenters. The lowest BCUT2D eigenvalue weighted by Crippen LogP contribution is -2.59. The van der Waals surface area contributed by atoms with Crippen LogP contribution in [0.25, 0.3) is 0 Å². The second-order valence-corrected chi connectivity index (χ2v) is 13.7. The van der Waals surface area contributed by atoms with Crippen molar-refractivity contribution in [2.75, 3.05) is 0 Å². The minimum absolute atomic E-state index is 0.192. The van der Waals surface area contributed by atoms with E-state index in [1.807, 2.05) is 55.4 Å². The van der Waals surface area contributed by atoms with Crippen molar-refractivity contribution in [3.63, 3.8) is 0 Å². The van der Waals surface area contributed by atoms with E-state index in [-0.39, 0.29) is 23.4 Å². The minimum atomic E-state index is -0.651. The van der Waals surface area contributed by atoms with E-state index in [1.54, 1.807) is 0 Å². The molecule has 3 aliphatic rings. The summed E-state index contributed by atoms with van der Waals surface area (Å²) in [7, 11) is 0. The number of carbonyl (C=O) groups excluding carboxylic acids is 2. The van der Waals surface area contributed by atoms with E-state index in [1.165, 1.54) is 0 Å². The summed E-state index contributed by atoms with van der Waals surface area (Å²) in [6, 6.07) is 0. The Hall–Kier alpha value is -0.380. The maximum absolute atomic E-state index is 13.6. The zero-order chi connectivity index (χ0) is 24.6. The molecule has 2 fully saturated rings. The number of hydroxylamine groups is 4. The predicted octanol–water partition coefficient (Wildman–Crippen LogP) is 5.67. The lowest BCUT2D eigenvalue weighted by molar-refractivity contribution is -0.292. The lowest BCUT2D eigenvalue weighted by atomic mass is 9.68. The van der Waals surface area contributed by atoms with E-state index in [2.05, 4.69) is 31.9 Å². The largest absolute Gasteiger partial charge is 0.288 e. The monoisotopic (exact) mass is 572 g/mol. The van der Waals surface area contributed by atoms with Crippen LogP contribution in [-0.4, -0.2) is 43.8 Å². The van der Waals surface area contributed by atoms with E-state index >= 15 is 0 Å². The van der Waals surface area contributed by atoms with E-state index in [4.69, 9.17) is 0 Å². The Morgan fingerprint density at radius 2 is 0.812 bits per heavy atom. The number of halogens is 2. The maximum Gasteiger partial charge on any atom is 0.197 e. The smallest absolute Gasteiger partial charge is 0.197 e. The number of carbonyl (C=O) groups is 2. The molecule has 2 heterocycles. The molecule has 2 radical (unpaired) electrons. The molecule has 0 N–H and O–H groups in total. The Bertz CT molecular complexity index is 807. The van der Waals surface area contributed by atoms with Crippen LogP contribution >= 0.6 is 31.9 Å². The number of hydrogen-bond donors (Lipinski definition) is 0. The van der Waals surface area contributed by atoms with E-state index in [0.29, 0.717) is 45.8 Å². The normalized spacial score (nSPS) is 29.8. The summed E-state index contributed by atoms with van der Waals surface area (Å²) in [5.41, 5.74) is -1.69. The highest BCUT2D eigenvalue weighted by Gasteiger charge is 2.52. The van der Waals surface area contributed by atoms with Crippen LogP contribution in [0.3, 0.4) is 0 Å². The zero-order valence-corrected chi connectivity index (χ0v) is 23.4. The summed E-state index contributed by atoms with van der Waals surface area (Å²) >= 11 is 6.96. The molecule has 2 saturated heterocycles. The van der Waals surface area contributed by atoms with Gasteiger partial charge in [0.15, 0.2) is 11.6 Å². The van der Waals surface area contributed by atoms with Crippen LogP contribution in [0.2, 0.25) is 0 Å². The molecule has 0 aromatic carbocycles. The standard InChI is InChI=1S/C24H34Br2N2O4/c1-21(2)9-13(10-22(3,4)27(21)31)15-17(25)20(30)16(18(26)19(15)29)14-11-23(5,6)28(32)24(7,8)12-14/h13-14H,9-12H2,1-8H3. The molecule has 0 unspecified atom stereocenters. The Labute approximate surface area is 208 Å². The fraction of sp³-hybridized carbons (Fsp3) is 0.750. The first kappa shape index (κ1) is 26.2. The highest BCUT2D eigenvalue weighted by atomic mass is 79.9. The van der Waals surface area contributed by atoms with Crippen LogP contribution in [0.15, 0.2) is 20.1 Å². The molecule has 2 aliphatic heterocycles. The summed E-state index contributed by atoms with van der Waals surface area (Å²) in [6.45, 7) is 15.1. The molecule has 0 saturated carbocycles. The van der Waals surface area contributed by atoms with Crippen LogP contribution < -0.4 is 0 Å². The quantitative estimate of drug-likeness (QED) is 0.399. The fourth-order valence-corrected chi connectivity index (χ4v) is 7.78. The third-order valence-corrected chi connectivity index (χ3v) is 8.93. The second-order valence-electron chi connectivity index (χ2n) is 12.2. The number of allylic oxidation sites excluding steroid dienone is 4. The van der Waals surface area contributed by atoms with Crippen molar-refractivity contribution in [1.82, 2.24) is 10.1 Å². The van der Waals surface area contributed by atoms with Crippen LogP contribution in [0.5, 0.6) is 0 Å². The van der Waals surface area contributed by atoms with Gasteiger partial charge in [0.1, 0.15) is 0 Å². The average molecular weight is 574 g/mol. The molecule has 0 spiro atoms. The van der Waals surface area contributed by atoms with Gasteiger partial charge in [0, 0.05) is 33.3 Å². The molecule has 0 bridgehead atoms. The summed E-state index contributed by atoms with van der Waals surface area (Å²) in [6.07, 6.45) is 1.97. The van der Waals surface area contributed by atoms with Gasteiger partial charge in [0.2, 0.25) is 0 Å². The van der Waals surface area contributed by atoms with Gasteiger partial charge < -0.3 is 0 Å². The molecular formula is C24H34Br2N2O4. The lowest BCUT2D eigenvalue weighted by Gasteiger charge is -2.51. The highest BCUT2D eigenvalue weighted by Crippen LogP contribution is 2.50. The maximum atomic E-state index is 13.6. The van der Waals surface area contributed by atoms with Crippen LogP contribution in [0.1, 0.15) is 81.1 Å². The first-order chi connectivity index (χ1) is 14.3. The summed E-state index contributed by atoms with van der Waals surface area (Å²) in [4.78, 5) is 27.2. The minimum Gasteiger partial charge on any atom is -0.288 e. The molecule has 0 aromatic rings. The summed E-state index contributed by atoms with van der Waals surface area (Å²) in [5, 5.41) is 27.8. The molecule has 3 rings (SSSR count). The van der Waals surface area contributed by atoms with Gasteiger partial charge in [0.25, 0.3) is 0 Å². The topological polar surface area (TPSA) is 80.4 Å². The third kappa shape index (κ3) is 4.24. The van der Waals surface area contributed by atoms with E-state index < -0.39 is 22.2 Å². The first-order valence-electron chi connectivity index (χ1n) is 11.2. The number of piperidine rings is 2.